The van der Waals surface area contributed by atoms with Crippen LogP contribution in [0.5, 0.6) is 0 Å². The zero-order valence-electron chi connectivity index (χ0n) is 11.0. The van der Waals surface area contributed by atoms with Gasteiger partial charge in [0.05, 0.1) is 0 Å². The summed E-state index contributed by atoms with van der Waals surface area (Å²) in [7, 11) is 0. The van der Waals surface area contributed by atoms with E-state index in [1.165, 1.54) is 6.08 Å². The summed E-state index contributed by atoms with van der Waals surface area (Å²) in [4.78, 5) is 0. The van der Waals surface area contributed by atoms with Crippen molar-refractivity contribution in [1.82, 2.24) is 0 Å². The number of allylic oxidation sites excluding steroid dienone is 1. The molecule has 0 radical (unpaired) electrons. The fourth-order valence-electron chi connectivity index (χ4n) is 1.10. The highest BCUT2D eigenvalue weighted by Gasteiger charge is 2.34. The number of rotatable bonds is 3. The number of alkyl halides is 3. The molecule has 0 aliphatic heterocycles. The SMILES string of the molecule is CC(C)(C)S/N=C(/C=C/c1ccccc1)C(F)(F)F. The smallest absolute Gasteiger partial charge is 0.211 e. The molecule has 0 fully saturated rings. The highest BCUT2D eigenvalue weighted by molar-refractivity contribution is 7.99. The molecule has 1 aromatic rings. The van der Waals surface area contributed by atoms with E-state index in [4.69, 9.17) is 0 Å². The largest absolute Gasteiger partial charge is 0.434 e. The van der Waals surface area contributed by atoms with Crippen molar-refractivity contribution in [3.05, 3.63) is 42.0 Å². The van der Waals surface area contributed by atoms with Crippen LogP contribution < -0.4 is 0 Å². The van der Waals surface area contributed by atoms with Gasteiger partial charge in [-0.25, -0.2) is 4.40 Å². The zero-order valence-corrected chi connectivity index (χ0v) is 11.8. The van der Waals surface area contributed by atoms with Gasteiger partial charge in [-0.15, -0.1) is 0 Å². The molecular weight excluding hydrogens is 271 g/mol. The van der Waals surface area contributed by atoms with E-state index >= 15 is 0 Å². The Hall–Kier alpha value is -1.23. The molecule has 19 heavy (non-hydrogen) atoms. The van der Waals surface area contributed by atoms with Crippen molar-refractivity contribution in [1.29, 1.82) is 0 Å². The van der Waals surface area contributed by atoms with Gasteiger partial charge in [0.15, 0.2) is 5.71 Å². The molecule has 0 aliphatic carbocycles. The zero-order chi connectivity index (χ0) is 14.5. The topological polar surface area (TPSA) is 12.4 Å². The summed E-state index contributed by atoms with van der Waals surface area (Å²) < 4.78 is 41.7. The first-order chi connectivity index (χ1) is 8.68. The van der Waals surface area contributed by atoms with E-state index in [1.54, 1.807) is 24.3 Å². The van der Waals surface area contributed by atoms with E-state index in [2.05, 4.69) is 4.40 Å². The molecular formula is C14H16F3NS. The second kappa shape index (κ2) is 6.28. The quantitative estimate of drug-likeness (QED) is 0.553. The van der Waals surface area contributed by atoms with Gasteiger partial charge in [0.1, 0.15) is 0 Å². The first-order valence-electron chi connectivity index (χ1n) is 5.75. The van der Waals surface area contributed by atoms with Crippen LogP contribution in [0.4, 0.5) is 13.2 Å². The summed E-state index contributed by atoms with van der Waals surface area (Å²) in [5.41, 5.74) is -0.170. The van der Waals surface area contributed by atoms with Crippen molar-refractivity contribution in [2.45, 2.75) is 31.7 Å². The normalized spacial score (nSPS) is 14.1. The molecule has 0 atom stereocenters. The van der Waals surface area contributed by atoms with Crippen LogP contribution in [0.1, 0.15) is 26.3 Å². The molecule has 0 saturated carbocycles. The van der Waals surface area contributed by atoms with Crippen LogP contribution in [0.15, 0.2) is 40.8 Å². The predicted octanol–water partition coefficient (Wildman–Crippen LogP) is 5.15. The monoisotopic (exact) mass is 287 g/mol. The van der Waals surface area contributed by atoms with Gasteiger partial charge in [-0.1, -0.05) is 36.4 Å². The van der Waals surface area contributed by atoms with E-state index in [0.717, 1.165) is 18.0 Å². The second-order valence-corrected chi connectivity index (χ2v) is 6.51. The number of benzene rings is 1. The third kappa shape index (κ3) is 6.47. The summed E-state index contributed by atoms with van der Waals surface area (Å²) in [6.07, 6.45) is -2.02. The summed E-state index contributed by atoms with van der Waals surface area (Å²) >= 11 is 0.920. The lowest BCUT2D eigenvalue weighted by Gasteiger charge is -2.14. The second-order valence-electron chi connectivity index (χ2n) is 4.92. The van der Waals surface area contributed by atoms with Crippen LogP contribution in [0.25, 0.3) is 6.08 Å². The maximum absolute atomic E-state index is 12.8. The molecule has 0 amide bonds. The van der Waals surface area contributed by atoms with E-state index in [1.807, 2.05) is 26.8 Å². The maximum atomic E-state index is 12.8. The molecule has 0 spiro atoms. The molecule has 1 aromatic carbocycles. The number of hydrogen-bond donors (Lipinski definition) is 0. The number of nitrogens with zero attached hydrogens (tertiary/aromatic N) is 1. The lowest BCUT2D eigenvalue weighted by atomic mass is 10.2. The molecule has 104 valence electrons. The van der Waals surface area contributed by atoms with Crippen LogP contribution in [-0.4, -0.2) is 16.6 Å². The lowest BCUT2D eigenvalue weighted by molar-refractivity contribution is -0.0574. The van der Waals surface area contributed by atoms with Gasteiger partial charge in [0.25, 0.3) is 0 Å². The minimum absolute atomic E-state index is 0.350. The first-order valence-corrected chi connectivity index (χ1v) is 6.52. The molecule has 1 nitrogen and oxygen atoms in total. The fourth-order valence-corrected chi connectivity index (χ4v) is 1.64. The van der Waals surface area contributed by atoms with Gasteiger partial charge in [-0.2, -0.15) is 13.2 Å². The number of hydrogen-bond acceptors (Lipinski definition) is 2. The minimum atomic E-state index is -4.44. The van der Waals surface area contributed by atoms with Crippen molar-refractivity contribution in [3.63, 3.8) is 0 Å². The molecule has 5 heteroatoms. The Morgan fingerprint density at radius 1 is 1.11 bits per heavy atom. The molecule has 0 aromatic heterocycles. The van der Waals surface area contributed by atoms with E-state index < -0.39 is 11.9 Å². The minimum Gasteiger partial charge on any atom is -0.211 e. The summed E-state index contributed by atoms with van der Waals surface area (Å²) in [6.45, 7) is 5.45. The standard InChI is InChI=1S/C14H16F3NS/c1-13(2,3)19-18-12(14(15,16)17)10-9-11-7-5-4-6-8-11/h4-10H,1-3H3/b10-9+,18-12-. The molecule has 0 bridgehead atoms. The third-order valence-electron chi connectivity index (χ3n) is 1.94. The molecule has 1 rings (SSSR count). The van der Waals surface area contributed by atoms with E-state index in [0.29, 0.717) is 5.56 Å². The Bertz CT molecular complexity index is 456. The lowest BCUT2D eigenvalue weighted by Crippen LogP contribution is -2.21. The van der Waals surface area contributed by atoms with Gasteiger partial charge in [0, 0.05) is 4.75 Å². The van der Waals surface area contributed by atoms with Gasteiger partial charge < -0.3 is 0 Å². The van der Waals surface area contributed by atoms with Gasteiger partial charge in [-0.05, 0) is 44.4 Å². The van der Waals surface area contributed by atoms with E-state index in [9.17, 15) is 13.2 Å². The van der Waals surface area contributed by atoms with Crippen LogP contribution in [0.2, 0.25) is 0 Å². The van der Waals surface area contributed by atoms with Crippen molar-refractivity contribution in [2.75, 3.05) is 0 Å². The number of halogens is 3. The Balaban J connectivity index is 2.91. The van der Waals surface area contributed by atoms with Crippen molar-refractivity contribution < 1.29 is 13.2 Å². The highest BCUT2D eigenvalue weighted by Crippen LogP contribution is 2.28. The Kier molecular flexibility index (Phi) is 5.23. The van der Waals surface area contributed by atoms with Crippen molar-refractivity contribution in [3.8, 4) is 0 Å². The maximum Gasteiger partial charge on any atom is 0.434 e. The Morgan fingerprint density at radius 3 is 2.16 bits per heavy atom. The van der Waals surface area contributed by atoms with Crippen LogP contribution in [0, 0.1) is 0 Å². The van der Waals surface area contributed by atoms with Crippen LogP contribution in [0.3, 0.4) is 0 Å². The average molecular weight is 287 g/mol. The Labute approximate surface area is 115 Å². The van der Waals surface area contributed by atoms with Gasteiger partial charge in [-0.3, -0.25) is 0 Å². The van der Waals surface area contributed by atoms with Crippen LogP contribution >= 0.6 is 11.9 Å². The van der Waals surface area contributed by atoms with Crippen molar-refractivity contribution >= 4 is 23.7 Å². The average Bonchev–Trinajstić information content (AvgIpc) is 2.27. The highest BCUT2D eigenvalue weighted by atomic mass is 32.2. The third-order valence-corrected chi connectivity index (χ3v) is 2.78. The van der Waals surface area contributed by atoms with Gasteiger partial charge >= 0.3 is 6.18 Å². The van der Waals surface area contributed by atoms with E-state index in [-0.39, 0.29) is 4.75 Å². The fraction of sp³-hybridized carbons (Fsp3) is 0.357. The molecule has 0 heterocycles. The van der Waals surface area contributed by atoms with Gasteiger partial charge in [0.2, 0.25) is 0 Å². The predicted molar refractivity (Wildman–Crippen MR) is 76.3 cm³/mol. The molecule has 0 unspecified atom stereocenters. The molecule has 0 saturated heterocycles. The summed E-state index contributed by atoms with van der Waals surface area (Å²) in [5, 5.41) is 0. The molecule has 0 N–H and O–H groups in total. The van der Waals surface area contributed by atoms with Crippen LogP contribution in [-0.2, 0) is 0 Å². The Morgan fingerprint density at radius 2 is 1.68 bits per heavy atom. The summed E-state index contributed by atoms with van der Waals surface area (Å²) in [5.74, 6) is 0. The van der Waals surface area contributed by atoms with Crippen molar-refractivity contribution in [2.24, 2.45) is 4.40 Å². The first kappa shape index (κ1) is 15.8. The molecule has 0 aliphatic rings. The summed E-state index contributed by atoms with van der Waals surface area (Å²) in [6, 6.07) is 8.83.